The van der Waals surface area contributed by atoms with Crippen molar-refractivity contribution in [1.82, 2.24) is 0 Å². The Labute approximate surface area is 116 Å². The van der Waals surface area contributed by atoms with E-state index in [0.29, 0.717) is 5.92 Å². The van der Waals surface area contributed by atoms with E-state index >= 15 is 0 Å². The van der Waals surface area contributed by atoms with Crippen molar-refractivity contribution in [2.45, 2.75) is 41.5 Å². The Hall–Kier alpha value is -1.01. The molecular weight excluding hydrogens is 240 g/mol. The normalized spacial score (nSPS) is 12.7. The molecule has 98 valence electrons. The van der Waals surface area contributed by atoms with Crippen LogP contribution in [0.15, 0.2) is 29.9 Å². The van der Waals surface area contributed by atoms with Crippen molar-refractivity contribution in [3.8, 4) is 0 Å². The second kappa shape index (κ2) is 5.75. The van der Waals surface area contributed by atoms with E-state index in [1.54, 1.807) is 0 Å². The maximum absolute atomic E-state index is 6.23. The first-order chi connectivity index (χ1) is 8.25. The molecule has 0 amide bonds. The Morgan fingerprint density at radius 1 is 1.11 bits per heavy atom. The third-order valence-electron chi connectivity index (χ3n) is 3.31. The number of rotatable bonds is 3. The molecule has 1 aromatic carbocycles. The van der Waals surface area contributed by atoms with Gasteiger partial charge in [0.05, 0.1) is 0 Å². The average molecular weight is 263 g/mol. The largest absolute Gasteiger partial charge is 0.0958 e. The van der Waals surface area contributed by atoms with E-state index < -0.39 is 0 Å². The summed E-state index contributed by atoms with van der Waals surface area (Å²) in [7, 11) is 0. The second-order valence-electron chi connectivity index (χ2n) is 5.40. The van der Waals surface area contributed by atoms with Gasteiger partial charge in [-0.25, -0.2) is 0 Å². The lowest BCUT2D eigenvalue weighted by Crippen LogP contribution is -1.99. The Kier molecular flexibility index (Phi) is 4.81. The van der Waals surface area contributed by atoms with Gasteiger partial charge < -0.3 is 0 Å². The quantitative estimate of drug-likeness (QED) is 0.590. The van der Waals surface area contributed by atoms with Gasteiger partial charge in [0, 0.05) is 5.02 Å². The van der Waals surface area contributed by atoms with Gasteiger partial charge in [0.15, 0.2) is 0 Å². The minimum absolute atomic E-state index is 0.485. The summed E-state index contributed by atoms with van der Waals surface area (Å²) in [4.78, 5) is 0. The van der Waals surface area contributed by atoms with Gasteiger partial charge in [-0.15, -0.1) is 0 Å². The van der Waals surface area contributed by atoms with Crippen molar-refractivity contribution in [1.29, 1.82) is 0 Å². The molecule has 0 saturated heterocycles. The van der Waals surface area contributed by atoms with Crippen LogP contribution in [-0.4, -0.2) is 0 Å². The SMILES string of the molecule is C=C(C)C(=C(C)c1cc(C)c(Cl)c(C)c1)C(C)C. The summed E-state index contributed by atoms with van der Waals surface area (Å²) in [6, 6.07) is 4.33. The van der Waals surface area contributed by atoms with Crippen LogP contribution in [0.3, 0.4) is 0 Å². The Morgan fingerprint density at radius 2 is 1.56 bits per heavy atom. The van der Waals surface area contributed by atoms with E-state index in [4.69, 9.17) is 11.6 Å². The third-order valence-corrected chi connectivity index (χ3v) is 3.91. The average Bonchev–Trinajstić information content (AvgIpc) is 2.23. The van der Waals surface area contributed by atoms with Crippen LogP contribution in [0.4, 0.5) is 0 Å². The van der Waals surface area contributed by atoms with E-state index in [0.717, 1.165) is 21.7 Å². The lowest BCUT2D eigenvalue weighted by atomic mass is 9.88. The molecule has 1 aromatic rings. The van der Waals surface area contributed by atoms with Crippen molar-refractivity contribution in [3.05, 3.63) is 51.6 Å². The molecule has 0 spiro atoms. The van der Waals surface area contributed by atoms with E-state index in [9.17, 15) is 0 Å². The lowest BCUT2D eigenvalue weighted by Gasteiger charge is -2.17. The molecule has 0 aliphatic carbocycles. The fraction of sp³-hybridized carbons (Fsp3) is 0.412. The van der Waals surface area contributed by atoms with Crippen molar-refractivity contribution >= 4 is 17.2 Å². The molecule has 0 heterocycles. The summed E-state index contributed by atoms with van der Waals surface area (Å²) in [5.74, 6) is 0.485. The molecule has 1 heteroatoms. The molecule has 0 atom stereocenters. The number of benzene rings is 1. The number of allylic oxidation sites excluding steroid dienone is 3. The smallest absolute Gasteiger partial charge is 0.0464 e. The van der Waals surface area contributed by atoms with Gasteiger partial charge in [-0.05, 0) is 61.4 Å². The number of halogens is 1. The summed E-state index contributed by atoms with van der Waals surface area (Å²) in [5.41, 5.74) is 7.32. The Balaban J connectivity index is 3.45. The molecule has 1 rings (SSSR count). The molecule has 18 heavy (non-hydrogen) atoms. The highest BCUT2D eigenvalue weighted by Crippen LogP contribution is 2.31. The molecule has 0 bridgehead atoms. The van der Waals surface area contributed by atoms with Crippen molar-refractivity contribution < 1.29 is 0 Å². The molecule has 0 saturated carbocycles. The molecule has 0 aliphatic heterocycles. The van der Waals surface area contributed by atoms with Gasteiger partial charge in [-0.3, -0.25) is 0 Å². The van der Waals surface area contributed by atoms with Crippen LogP contribution in [0, 0.1) is 19.8 Å². The van der Waals surface area contributed by atoms with Crippen LogP contribution in [0.2, 0.25) is 5.02 Å². The summed E-state index contributed by atoms with van der Waals surface area (Å²) in [5, 5.41) is 0.868. The van der Waals surface area contributed by atoms with Crippen LogP contribution in [0.25, 0.3) is 5.57 Å². The Morgan fingerprint density at radius 3 is 1.89 bits per heavy atom. The van der Waals surface area contributed by atoms with Crippen LogP contribution in [-0.2, 0) is 0 Å². The molecule has 0 aliphatic rings. The molecule has 0 nitrogen and oxygen atoms in total. The lowest BCUT2D eigenvalue weighted by molar-refractivity contribution is 0.780. The van der Waals surface area contributed by atoms with Crippen molar-refractivity contribution in [2.75, 3.05) is 0 Å². The number of hydrogen-bond donors (Lipinski definition) is 0. The Bertz CT molecular complexity index is 481. The fourth-order valence-electron chi connectivity index (χ4n) is 2.56. The van der Waals surface area contributed by atoms with E-state index in [2.05, 4.69) is 60.3 Å². The highest BCUT2D eigenvalue weighted by atomic mass is 35.5. The zero-order valence-electron chi connectivity index (χ0n) is 12.3. The second-order valence-corrected chi connectivity index (χ2v) is 5.78. The molecule has 0 N–H and O–H groups in total. The molecule has 0 aromatic heterocycles. The molecule has 0 radical (unpaired) electrons. The number of hydrogen-bond acceptors (Lipinski definition) is 0. The predicted octanol–water partition coefficient (Wildman–Crippen LogP) is 5.96. The zero-order chi connectivity index (χ0) is 14.0. The third kappa shape index (κ3) is 3.05. The highest BCUT2D eigenvalue weighted by Gasteiger charge is 2.11. The monoisotopic (exact) mass is 262 g/mol. The van der Waals surface area contributed by atoms with E-state index in [1.807, 2.05) is 0 Å². The van der Waals surface area contributed by atoms with Gasteiger partial charge in [0.2, 0.25) is 0 Å². The first-order valence-electron chi connectivity index (χ1n) is 6.39. The topological polar surface area (TPSA) is 0 Å². The summed E-state index contributed by atoms with van der Waals surface area (Å²) in [6.45, 7) is 16.9. The standard InChI is InChI=1S/C17H23Cl/c1-10(2)16(11(3)4)14(7)15-8-12(5)17(18)13(6)9-15/h8-9,11H,1H2,2-7H3. The van der Waals surface area contributed by atoms with Crippen molar-refractivity contribution in [3.63, 3.8) is 0 Å². The first-order valence-corrected chi connectivity index (χ1v) is 6.77. The van der Waals surface area contributed by atoms with Crippen LogP contribution < -0.4 is 0 Å². The zero-order valence-corrected chi connectivity index (χ0v) is 13.1. The van der Waals surface area contributed by atoms with Gasteiger partial charge in [-0.1, -0.05) is 49.7 Å². The fourth-order valence-corrected chi connectivity index (χ4v) is 2.67. The molecule has 0 fully saturated rings. The summed E-state index contributed by atoms with van der Waals surface area (Å²) >= 11 is 6.23. The molecular formula is C17H23Cl. The summed E-state index contributed by atoms with van der Waals surface area (Å²) < 4.78 is 0. The summed E-state index contributed by atoms with van der Waals surface area (Å²) in [6.07, 6.45) is 0. The minimum Gasteiger partial charge on any atom is -0.0958 e. The van der Waals surface area contributed by atoms with Gasteiger partial charge in [0.1, 0.15) is 0 Å². The van der Waals surface area contributed by atoms with Crippen LogP contribution >= 0.6 is 11.6 Å². The number of aryl methyl sites for hydroxylation is 2. The van der Waals surface area contributed by atoms with Crippen LogP contribution in [0.5, 0.6) is 0 Å². The van der Waals surface area contributed by atoms with E-state index in [-0.39, 0.29) is 0 Å². The minimum atomic E-state index is 0.485. The maximum atomic E-state index is 6.23. The van der Waals surface area contributed by atoms with Crippen molar-refractivity contribution in [2.24, 2.45) is 5.92 Å². The maximum Gasteiger partial charge on any atom is 0.0464 e. The first kappa shape index (κ1) is 15.0. The predicted molar refractivity (Wildman–Crippen MR) is 83.2 cm³/mol. The van der Waals surface area contributed by atoms with Crippen LogP contribution in [0.1, 0.15) is 44.4 Å². The van der Waals surface area contributed by atoms with Gasteiger partial charge in [-0.2, -0.15) is 0 Å². The highest BCUT2D eigenvalue weighted by molar-refractivity contribution is 6.32. The van der Waals surface area contributed by atoms with Gasteiger partial charge >= 0.3 is 0 Å². The van der Waals surface area contributed by atoms with Gasteiger partial charge in [0.25, 0.3) is 0 Å². The molecule has 0 unspecified atom stereocenters. The van der Waals surface area contributed by atoms with E-state index in [1.165, 1.54) is 16.7 Å².